The maximum Gasteiger partial charge on any atom is 0.293 e. The fraction of sp³-hybridized carbons (Fsp3) is 0.240. The quantitative estimate of drug-likeness (QED) is 0.231. The molecule has 1 saturated heterocycles. The number of halogens is 1. The fourth-order valence-electron chi connectivity index (χ4n) is 4.24. The van der Waals surface area contributed by atoms with Gasteiger partial charge in [0.2, 0.25) is 0 Å². The summed E-state index contributed by atoms with van der Waals surface area (Å²) in [6, 6.07) is 15.6. The molecule has 3 heterocycles. The number of hydrogen-bond acceptors (Lipinski definition) is 7. The second-order valence-electron chi connectivity index (χ2n) is 8.33. The van der Waals surface area contributed by atoms with Gasteiger partial charge in [-0.05, 0) is 61.7 Å². The van der Waals surface area contributed by atoms with E-state index in [1.165, 1.54) is 22.3 Å². The monoisotopic (exact) mass is 507 g/mol. The van der Waals surface area contributed by atoms with Crippen molar-refractivity contribution in [2.45, 2.75) is 25.8 Å². The van der Waals surface area contributed by atoms with Gasteiger partial charge in [0, 0.05) is 35.9 Å². The first-order valence-corrected chi connectivity index (χ1v) is 12.5. The number of anilines is 2. The van der Waals surface area contributed by atoms with Crippen LogP contribution in [0.5, 0.6) is 0 Å². The Morgan fingerprint density at radius 2 is 1.94 bits per heavy atom. The standard InChI is InChI=1S/C25H22ClN5O3S/c26-18-8-9-20-23(15-18)35-25(28-20)30(16-19-6-2-3-11-27-19)24(32)17-7-10-21(22(14-17)31(33)34)29-12-4-1-5-13-29/h2-3,6-11,14-15H,1,4-5,12-13,16H2. The lowest BCUT2D eigenvalue weighted by Crippen LogP contribution is -2.32. The summed E-state index contributed by atoms with van der Waals surface area (Å²) in [5.74, 6) is -0.380. The van der Waals surface area contributed by atoms with Crippen molar-refractivity contribution in [3.05, 3.63) is 87.2 Å². The number of aromatic nitrogens is 2. The molecule has 0 unspecified atom stereocenters. The Hall–Kier alpha value is -3.56. The summed E-state index contributed by atoms with van der Waals surface area (Å²) in [4.78, 5) is 37.8. The number of nitrogens with zero attached hydrogens (tertiary/aromatic N) is 5. The van der Waals surface area contributed by atoms with Crippen molar-refractivity contribution in [3.8, 4) is 0 Å². The number of rotatable bonds is 6. The van der Waals surface area contributed by atoms with Crippen molar-refractivity contribution in [3.63, 3.8) is 0 Å². The molecular weight excluding hydrogens is 486 g/mol. The van der Waals surface area contributed by atoms with Crippen LogP contribution in [0.1, 0.15) is 35.3 Å². The molecule has 0 aliphatic carbocycles. The lowest BCUT2D eigenvalue weighted by molar-refractivity contribution is -0.384. The van der Waals surface area contributed by atoms with E-state index in [1.54, 1.807) is 42.6 Å². The number of piperidine rings is 1. The van der Waals surface area contributed by atoms with Gasteiger partial charge in [0.05, 0.1) is 27.4 Å². The van der Waals surface area contributed by atoms with Gasteiger partial charge in [-0.25, -0.2) is 4.98 Å². The van der Waals surface area contributed by atoms with Gasteiger partial charge in [-0.1, -0.05) is 29.0 Å². The Balaban J connectivity index is 1.54. The number of nitro groups is 1. The van der Waals surface area contributed by atoms with Crippen LogP contribution in [-0.4, -0.2) is 33.9 Å². The van der Waals surface area contributed by atoms with Crippen molar-refractivity contribution in [2.75, 3.05) is 22.9 Å². The third kappa shape index (κ3) is 4.96. The number of hydrogen-bond donors (Lipinski definition) is 0. The molecular formula is C25H22ClN5O3S. The lowest BCUT2D eigenvalue weighted by atomic mass is 10.1. The number of benzene rings is 2. The molecule has 10 heteroatoms. The molecule has 0 atom stereocenters. The zero-order chi connectivity index (χ0) is 24.4. The van der Waals surface area contributed by atoms with E-state index in [2.05, 4.69) is 9.97 Å². The summed E-state index contributed by atoms with van der Waals surface area (Å²) in [6.07, 6.45) is 4.78. The Morgan fingerprint density at radius 3 is 2.69 bits per heavy atom. The molecule has 0 bridgehead atoms. The van der Waals surface area contributed by atoms with Crippen LogP contribution in [0.15, 0.2) is 60.8 Å². The molecule has 2 aromatic carbocycles. The molecule has 1 amide bonds. The largest absolute Gasteiger partial charge is 0.366 e. The summed E-state index contributed by atoms with van der Waals surface area (Å²) in [5.41, 5.74) is 2.12. The number of fused-ring (bicyclic) bond motifs is 1. The summed E-state index contributed by atoms with van der Waals surface area (Å²) >= 11 is 7.48. The van der Waals surface area contributed by atoms with Gasteiger partial charge in [-0.3, -0.25) is 24.8 Å². The van der Waals surface area contributed by atoms with E-state index in [1.807, 2.05) is 17.0 Å². The van der Waals surface area contributed by atoms with Crippen LogP contribution in [0.4, 0.5) is 16.5 Å². The van der Waals surface area contributed by atoms with Gasteiger partial charge in [0.25, 0.3) is 11.6 Å². The molecule has 0 radical (unpaired) electrons. The minimum atomic E-state index is -0.413. The van der Waals surface area contributed by atoms with E-state index < -0.39 is 4.92 Å². The molecule has 1 aliphatic rings. The van der Waals surface area contributed by atoms with Crippen LogP contribution in [0.2, 0.25) is 5.02 Å². The average molecular weight is 508 g/mol. The molecule has 0 spiro atoms. The highest BCUT2D eigenvalue weighted by molar-refractivity contribution is 7.22. The maximum absolute atomic E-state index is 13.8. The normalized spacial score (nSPS) is 13.7. The van der Waals surface area contributed by atoms with Crippen molar-refractivity contribution in [1.82, 2.24) is 9.97 Å². The number of amides is 1. The average Bonchev–Trinajstić information content (AvgIpc) is 3.30. The topological polar surface area (TPSA) is 92.5 Å². The first kappa shape index (κ1) is 23.2. The summed E-state index contributed by atoms with van der Waals surface area (Å²) in [7, 11) is 0. The van der Waals surface area contributed by atoms with E-state index in [0.29, 0.717) is 21.5 Å². The Labute approximate surface area is 210 Å². The van der Waals surface area contributed by atoms with Gasteiger partial charge in [0.1, 0.15) is 5.69 Å². The Kier molecular flexibility index (Phi) is 6.61. The Morgan fingerprint density at radius 1 is 1.11 bits per heavy atom. The van der Waals surface area contributed by atoms with Crippen LogP contribution in [0.3, 0.4) is 0 Å². The van der Waals surface area contributed by atoms with Crippen LogP contribution in [0, 0.1) is 10.1 Å². The SMILES string of the molecule is O=C(c1ccc(N2CCCCC2)c([N+](=O)[O-])c1)N(Cc1ccccn1)c1nc2ccc(Cl)cc2s1. The molecule has 35 heavy (non-hydrogen) atoms. The zero-order valence-electron chi connectivity index (χ0n) is 18.8. The molecule has 1 aliphatic heterocycles. The number of carbonyl (C=O) groups is 1. The maximum atomic E-state index is 13.8. The predicted molar refractivity (Wildman–Crippen MR) is 139 cm³/mol. The molecule has 4 aromatic rings. The molecule has 1 fully saturated rings. The number of pyridine rings is 1. The fourth-order valence-corrected chi connectivity index (χ4v) is 5.48. The predicted octanol–water partition coefficient (Wildman–Crippen LogP) is 6.09. The van der Waals surface area contributed by atoms with Gasteiger partial charge >= 0.3 is 0 Å². The van der Waals surface area contributed by atoms with Crippen molar-refractivity contribution in [1.29, 1.82) is 0 Å². The summed E-state index contributed by atoms with van der Waals surface area (Å²) < 4.78 is 0.845. The van der Waals surface area contributed by atoms with Gasteiger partial charge in [-0.2, -0.15) is 0 Å². The Bertz CT molecular complexity index is 1390. The summed E-state index contributed by atoms with van der Waals surface area (Å²) in [5, 5.41) is 13.0. The third-order valence-electron chi connectivity index (χ3n) is 5.98. The first-order valence-electron chi connectivity index (χ1n) is 11.3. The first-order chi connectivity index (χ1) is 17.0. The van der Waals surface area contributed by atoms with E-state index in [0.717, 1.165) is 42.6 Å². The molecule has 2 aromatic heterocycles. The summed E-state index contributed by atoms with van der Waals surface area (Å²) in [6.45, 7) is 1.72. The van der Waals surface area contributed by atoms with E-state index >= 15 is 0 Å². The minimum absolute atomic E-state index is 0.0633. The molecule has 0 saturated carbocycles. The van der Waals surface area contributed by atoms with E-state index in [9.17, 15) is 14.9 Å². The number of nitro benzene ring substituents is 1. The minimum Gasteiger partial charge on any atom is -0.366 e. The van der Waals surface area contributed by atoms with Gasteiger partial charge in [-0.15, -0.1) is 0 Å². The highest BCUT2D eigenvalue weighted by Gasteiger charge is 2.27. The number of thiazole rings is 1. The van der Waals surface area contributed by atoms with E-state index in [-0.39, 0.29) is 23.7 Å². The van der Waals surface area contributed by atoms with Crippen LogP contribution < -0.4 is 9.80 Å². The van der Waals surface area contributed by atoms with Crippen LogP contribution in [-0.2, 0) is 6.54 Å². The van der Waals surface area contributed by atoms with Crippen molar-refractivity contribution >= 4 is 55.6 Å². The smallest absolute Gasteiger partial charge is 0.293 e. The van der Waals surface area contributed by atoms with Crippen molar-refractivity contribution < 1.29 is 9.72 Å². The van der Waals surface area contributed by atoms with Crippen LogP contribution >= 0.6 is 22.9 Å². The molecule has 178 valence electrons. The lowest BCUT2D eigenvalue weighted by Gasteiger charge is -2.28. The molecule has 5 rings (SSSR count). The number of carbonyl (C=O) groups excluding carboxylic acids is 1. The highest BCUT2D eigenvalue weighted by Crippen LogP contribution is 2.35. The molecule has 8 nitrogen and oxygen atoms in total. The van der Waals surface area contributed by atoms with Gasteiger partial charge in [0.15, 0.2) is 5.13 Å². The van der Waals surface area contributed by atoms with Gasteiger partial charge < -0.3 is 4.90 Å². The van der Waals surface area contributed by atoms with Crippen molar-refractivity contribution in [2.24, 2.45) is 0 Å². The van der Waals surface area contributed by atoms with E-state index in [4.69, 9.17) is 11.6 Å². The second kappa shape index (κ2) is 9.97. The highest BCUT2D eigenvalue weighted by atomic mass is 35.5. The zero-order valence-corrected chi connectivity index (χ0v) is 20.3. The third-order valence-corrected chi connectivity index (χ3v) is 7.25. The van der Waals surface area contributed by atoms with Crippen LogP contribution in [0.25, 0.3) is 10.2 Å². The molecule has 0 N–H and O–H groups in total. The second-order valence-corrected chi connectivity index (χ2v) is 9.77.